The van der Waals surface area contributed by atoms with Crippen molar-refractivity contribution in [2.24, 2.45) is 4.40 Å². The van der Waals surface area contributed by atoms with Crippen molar-refractivity contribution in [2.75, 3.05) is 5.32 Å². The molecule has 1 aliphatic rings. The van der Waals surface area contributed by atoms with E-state index in [2.05, 4.69) is 9.71 Å². The SMILES string of the molecule is CC1=NS(=O)(=O)N(Cc2ccccc2)C=C1C(=O)Nc1ccc(Cl)c(F)c1. The van der Waals surface area contributed by atoms with Crippen LogP contribution in [-0.2, 0) is 21.5 Å². The average Bonchev–Trinajstić information content (AvgIpc) is 2.61. The lowest BCUT2D eigenvalue weighted by Gasteiger charge is -2.23. The third-order valence-corrected chi connectivity index (χ3v) is 5.45. The number of carbonyl (C=O) groups excluding carboxylic acids is 1. The van der Waals surface area contributed by atoms with Crippen LogP contribution in [0.5, 0.6) is 0 Å². The van der Waals surface area contributed by atoms with Crippen molar-refractivity contribution in [3.05, 3.63) is 76.7 Å². The van der Waals surface area contributed by atoms with Crippen molar-refractivity contribution in [1.82, 2.24) is 4.31 Å². The lowest BCUT2D eigenvalue weighted by molar-refractivity contribution is -0.112. The second-order valence-corrected chi connectivity index (χ2v) is 7.77. The van der Waals surface area contributed by atoms with Crippen molar-refractivity contribution in [3.63, 3.8) is 0 Å². The van der Waals surface area contributed by atoms with Crippen LogP contribution in [0.1, 0.15) is 12.5 Å². The van der Waals surface area contributed by atoms with E-state index in [4.69, 9.17) is 11.6 Å². The Kier molecular flexibility index (Phi) is 5.29. The van der Waals surface area contributed by atoms with Gasteiger partial charge in [0.25, 0.3) is 5.91 Å². The van der Waals surface area contributed by atoms with Crippen LogP contribution in [0.4, 0.5) is 10.1 Å². The summed E-state index contributed by atoms with van der Waals surface area (Å²) >= 11 is 5.63. The van der Waals surface area contributed by atoms with Crippen LogP contribution in [0.2, 0.25) is 5.02 Å². The van der Waals surface area contributed by atoms with Gasteiger partial charge in [0.1, 0.15) is 5.82 Å². The summed E-state index contributed by atoms with van der Waals surface area (Å²) in [6.07, 6.45) is 1.23. The Morgan fingerprint density at radius 3 is 2.59 bits per heavy atom. The molecule has 140 valence electrons. The molecule has 27 heavy (non-hydrogen) atoms. The predicted octanol–water partition coefficient (Wildman–Crippen LogP) is 3.52. The summed E-state index contributed by atoms with van der Waals surface area (Å²) in [5.41, 5.74) is 1.05. The van der Waals surface area contributed by atoms with Crippen LogP contribution in [0.15, 0.2) is 64.7 Å². The largest absolute Gasteiger partial charge is 0.344 e. The monoisotopic (exact) mass is 407 g/mol. The van der Waals surface area contributed by atoms with Gasteiger partial charge in [-0.3, -0.25) is 9.10 Å². The number of hydrogen-bond acceptors (Lipinski definition) is 3. The third-order valence-electron chi connectivity index (χ3n) is 3.81. The lowest BCUT2D eigenvalue weighted by Crippen LogP contribution is -2.32. The van der Waals surface area contributed by atoms with Crippen molar-refractivity contribution in [3.8, 4) is 0 Å². The number of rotatable bonds is 4. The van der Waals surface area contributed by atoms with E-state index < -0.39 is 21.9 Å². The Bertz CT molecular complexity index is 1050. The molecule has 0 atom stereocenters. The molecular formula is C18H15ClFN3O3S. The number of amides is 1. The van der Waals surface area contributed by atoms with Crippen molar-refractivity contribution < 1.29 is 17.6 Å². The molecule has 1 aliphatic heterocycles. The number of hydrogen-bond donors (Lipinski definition) is 1. The van der Waals surface area contributed by atoms with Crippen molar-refractivity contribution in [2.45, 2.75) is 13.5 Å². The van der Waals surface area contributed by atoms with Gasteiger partial charge in [-0.25, -0.2) is 4.39 Å². The molecule has 0 unspecified atom stereocenters. The van der Waals surface area contributed by atoms with Gasteiger partial charge < -0.3 is 5.32 Å². The Hall–Kier alpha value is -2.71. The quantitative estimate of drug-likeness (QED) is 0.842. The summed E-state index contributed by atoms with van der Waals surface area (Å²) in [6.45, 7) is 1.46. The molecule has 9 heteroatoms. The first kappa shape index (κ1) is 19.1. The minimum absolute atomic E-state index is 0.0340. The van der Waals surface area contributed by atoms with E-state index in [0.717, 1.165) is 15.9 Å². The van der Waals surface area contributed by atoms with E-state index in [1.54, 1.807) is 24.3 Å². The normalized spacial score (nSPS) is 15.7. The molecule has 1 N–H and O–H groups in total. The summed E-state index contributed by atoms with van der Waals surface area (Å²) in [7, 11) is -3.94. The van der Waals surface area contributed by atoms with Gasteiger partial charge in [-0.05, 0) is 30.7 Å². The van der Waals surface area contributed by atoms with E-state index in [9.17, 15) is 17.6 Å². The van der Waals surface area contributed by atoms with E-state index in [0.29, 0.717) is 0 Å². The number of carbonyl (C=O) groups is 1. The average molecular weight is 408 g/mol. The van der Waals surface area contributed by atoms with Crippen LogP contribution >= 0.6 is 11.6 Å². The van der Waals surface area contributed by atoms with Gasteiger partial charge in [0.05, 0.1) is 22.9 Å². The zero-order chi connectivity index (χ0) is 19.6. The van der Waals surface area contributed by atoms with Crippen LogP contribution in [0, 0.1) is 5.82 Å². The molecular weight excluding hydrogens is 393 g/mol. The van der Waals surface area contributed by atoms with Crippen LogP contribution in [-0.4, -0.2) is 24.3 Å². The summed E-state index contributed by atoms with van der Waals surface area (Å²) < 4.78 is 42.8. The fourth-order valence-corrected chi connectivity index (χ4v) is 3.68. The first-order chi connectivity index (χ1) is 12.8. The highest BCUT2D eigenvalue weighted by atomic mass is 35.5. The highest BCUT2D eigenvalue weighted by molar-refractivity contribution is 7.88. The van der Waals surface area contributed by atoms with Crippen molar-refractivity contribution in [1.29, 1.82) is 0 Å². The molecule has 0 spiro atoms. The summed E-state index contributed by atoms with van der Waals surface area (Å²) in [6, 6.07) is 12.8. The van der Waals surface area contributed by atoms with Gasteiger partial charge in [-0.2, -0.15) is 8.42 Å². The van der Waals surface area contributed by atoms with Crippen LogP contribution < -0.4 is 5.32 Å². The Morgan fingerprint density at radius 1 is 1.22 bits per heavy atom. The molecule has 2 aromatic rings. The van der Waals surface area contributed by atoms with E-state index in [1.165, 1.54) is 25.3 Å². The van der Waals surface area contributed by atoms with E-state index >= 15 is 0 Å². The second-order valence-electron chi connectivity index (χ2n) is 5.81. The molecule has 0 saturated carbocycles. The van der Waals surface area contributed by atoms with Gasteiger partial charge in [-0.1, -0.05) is 41.9 Å². The van der Waals surface area contributed by atoms with Gasteiger partial charge in [0.2, 0.25) is 0 Å². The molecule has 0 saturated heterocycles. The maximum atomic E-state index is 13.5. The third kappa shape index (κ3) is 4.35. The smallest absolute Gasteiger partial charge is 0.322 e. The van der Waals surface area contributed by atoms with Crippen LogP contribution in [0.25, 0.3) is 0 Å². The fourth-order valence-electron chi connectivity index (χ4n) is 2.46. The summed E-state index contributed by atoms with van der Waals surface area (Å²) in [5, 5.41) is 2.45. The Labute approximate surface area is 161 Å². The minimum Gasteiger partial charge on any atom is -0.322 e. The highest BCUT2D eigenvalue weighted by Gasteiger charge is 2.28. The molecule has 2 aromatic carbocycles. The van der Waals surface area contributed by atoms with E-state index in [-0.39, 0.29) is 28.5 Å². The molecule has 3 rings (SSSR count). The Balaban J connectivity index is 1.87. The minimum atomic E-state index is -3.94. The number of benzene rings is 2. The van der Waals surface area contributed by atoms with E-state index in [1.807, 2.05) is 6.07 Å². The molecule has 0 radical (unpaired) electrons. The molecule has 1 amide bonds. The Morgan fingerprint density at radius 2 is 1.93 bits per heavy atom. The summed E-state index contributed by atoms with van der Waals surface area (Å²) in [4.78, 5) is 12.5. The molecule has 0 fully saturated rings. The molecule has 0 bridgehead atoms. The zero-order valence-corrected chi connectivity index (χ0v) is 15.8. The first-order valence-electron chi connectivity index (χ1n) is 7.87. The number of halogens is 2. The maximum absolute atomic E-state index is 13.5. The first-order valence-corrected chi connectivity index (χ1v) is 9.64. The zero-order valence-electron chi connectivity index (χ0n) is 14.2. The van der Waals surface area contributed by atoms with Gasteiger partial charge >= 0.3 is 10.2 Å². The molecule has 6 nitrogen and oxygen atoms in total. The fraction of sp³-hybridized carbons (Fsp3) is 0.111. The predicted molar refractivity (Wildman–Crippen MR) is 102 cm³/mol. The summed E-state index contributed by atoms with van der Waals surface area (Å²) in [5.74, 6) is -1.28. The van der Waals surface area contributed by atoms with Gasteiger partial charge in [0, 0.05) is 11.9 Å². The number of nitrogens with one attached hydrogen (secondary N) is 1. The standard InChI is InChI=1S/C18H15ClFN3O3S/c1-12-15(18(24)21-14-7-8-16(19)17(20)9-14)11-23(27(25,26)22-12)10-13-5-3-2-4-6-13/h2-9,11H,10H2,1H3,(H,21,24). The second kappa shape index (κ2) is 7.50. The lowest BCUT2D eigenvalue weighted by atomic mass is 10.1. The van der Waals surface area contributed by atoms with Gasteiger partial charge in [-0.15, -0.1) is 4.40 Å². The molecule has 0 aromatic heterocycles. The van der Waals surface area contributed by atoms with Crippen LogP contribution in [0.3, 0.4) is 0 Å². The molecule has 0 aliphatic carbocycles. The number of anilines is 1. The van der Waals surface area contributed by atoms with Crippen molar-refractivity contribution >= 4 is 39.1 Å². The topological polar surface area (TPSA) is 78.8 Å². The molecule has 1 heterocycles. The number of nitrogens with zero attached hydrogens (tertiary/aromatic N) is 2. The van der Waals surface area contributed by atoms with Gasteiger partial charge in [0.15, 0.2) is 0 Å². The highest BCUT2D eigenvalue weighted by Crippen LogP contribution is 2.22. The maximum Gasteiger partial charge on any atom is 0.344 e.